The number of amides is 1. The number of aromatic nitrogens is 4. The molecule has 2 aromatic heterocycles. The second kappa shape index (κ2) is 10.8. The number of hydrogen-bond donors (Lipinski definition) is 1. The van der Waals surface area contributed by atoms with E-state index in [1.54, 1.807) is 39.7 Å². The number of benzene rings is 2. The number of unbranched alkanes of at least 4 members (excludes halogenated alkanes) is 1. The molecule has 1 aliphatic rings. The SMILES string of the molecule is CCCCOC(=O)c1ccc(NC(=O)CC2CSc3nc4c(cnn4-c4ccc(C)c(C)c4)c(=O)n32)cc1. The lowest BCUT2D eigenvalue weighted by molar-refractivity contribution is -0.116. The van der Waals surface area contributed by atoms with Gasteiger partial charge >= 0.3 is 5.97 Å². The standard InChI is InChI=1S/C28H29N5O4S/c1-4-5-12-37-27(36)19-7-9-20(10-8-19)30-24(34)14-22-16-38-28-31-25-23(26(35)32(22)28)15-29-33(25)21-11-6-17(2)18(3)13-21/h6-11,13,15,22H,4-5,12,14,16H2,1-3H3,(H,30,34). The highest BCUT2D eigenvalue weighted by Crippen LogP contribution is 2.33. The number of nitrogens with one attached hydrogen (secondary N) is 1. The third-order valence-corrected chi connectivity index (χ3v) is 7.76. The summed E-state index contributed by atoms with van der Waals surface area (Å²) in [7, 11) is 0. The Labute approximate surface area is 224 Å². The molecule has 9 nitrogen and oxygen atoms in total. The van der Waals surface area contributed by atoms with Gasteiger partial charge in [0.15, 0.2) is 10.8 Å². The number of ether oxygens (including phenoxy) is 1. The largest absolute Gasteiger partial charge is 0.462 e. The maximum absolute atomic E-state index is 13.4. The van der Waals surface area contributed by atoms with Crippen molar-refractivity contribution < 1.29 is 14.3 Å². The van der Waals surface area contributed by atoms with E-state index in [2.05, 4.69) is 10.4 Å². The van der Waals surface area contributed by atoms with Gasteiger partial charge in [0.2, 0.25) is 5.91 Å². The maximum Gasteiger partial charge on any atom is 0.338 e. The summed E-state index contributed by atoms with van der Waals surface area (Å²) in [5.74, 6) is -0.0310. The zero-order chi connectivity index (χ0) is 26.8. The molecule has 38 heavy (non-hydrogen) atoms. The van der Waals surface area contributed by atoms with Gasteiger partial charge in [-0.05, 0) is 67.8 Å². The van der Waals surface area contributed by atoms with Gasteiger partial charge in [0.05, 0.1) is 30.1 Å². The Balaban J connectivity index is 1.30. The van der Waals surface area contributed by atoms with Crippen molar-refractivity contribution in [2.24, 2.45) is 0 Å². The Kier molecular flexibility index (Phi) is 7.33. The van der Waals surface area contributed by atoms with Crippen molar-refractivity contribution in [2.75, 3.05) is 17.7 Å². The average molecular weight is 532 g/mol. The number of fused-ring (bicyclic) bond motifs is 2. The molecule has 5 rings (SSSR count). The quantitative estimate of drug-likeness (QED) is 0.197. The lowest BCUT2D eigenvalue weighted by atomic mass is 10.1. The van der Waals surface area contributed by atoms with Crippen LogP contribution in [-0.4, -0.2) is 43.6 Å². The number of aryl methyl sites for hydroxylation is 2. The van der Waals surface area contributed by atoms with Crippen LogP contribution in [0.15, 0.2) is 58.6 Å². The van der Waals surface area contributed by atoms with Gasteiger partial charge in [-0.1, -0.05) is 31.2 Å². The van der Waals surface area contributed by atoms with E-state index in [1.165, 1.54) is 17.3 Å². The number of thioether (sulfide) groups is 1. The second-order valence-corrected chi connectivity index (χ2v) is 10.4. The van der Waals surface area contributed by atoms with Gasteiger partial charge in [0.1, 0.15) is 5.39 Å². The van der Waals surface area contributed by atoms with Gasteiger partial charge in [-0.25, -0.2) is 14.5 Å². The minimum Gasteiger partial charge on any atom is -0.462 e. The molecule has 1 atom stereocenters. The number of esters is 1. The van der Waals surface area contributed by atoms with Gasteiger partial charge in [-0.15, -0.1) is 0 Å². The summed E-state index contributed by atoms with van der Waals surface area (Å²) in [4.78, 5) is 43.1. The average Bonchev–Trinajstić information content (AvgIpc) is 3.51. The smallest absolute Gasteiger partial charge is 0.338 e. The van der Waals surface area contributed by atoms with Gasteiger partial charge in [-0.2, -0.15) is 5.10 Å². The molecule has 2 aromatic carbocycles. The number of nitrogens with zero attached hydrogens (tertiary/aromatic N) is 4. The molecule has 1 unspecified atom stereocenters. The highest BCUT2D eigenvalue weighted by atomic mass is 32.2. The van der Waals surface area contributed by atoms with Crippen LogP contribution in [0.1, 0.15) is 53.7 Å². The van der Waals surface area contributed by atoms with Crippen LogP contribution >= 0.6 is 11.8 Å². The fourth-order valence-electron chi connectivity index (χ4n) is 4.34. The molecule has 0 saturated heterocycles. The molecule has 0 saturated carbocycles. The van der Waals surface area contributed by atoms with Crippen LogP contribution in [0.3, 0.4) is 0 Å². The number of rotatable bonds is 8. The monoisotopic (exact) mass is 531 g/mol. The number of hydrogen-bond acceptors (Lipinski definition) is 7. The van der Waals surface area contributed by atoms with Gasteiger partial charge in [-0.3, -0.25) is 14.2 Å². The fourth-order valence-corrected chi connectivity index (χ4v) is 5.47. The molecule has 0 radical (unpaired) electrons. The van der Waals surface area contributed by atoms with Crippen LogP contribution in [0.5, 0.6) is 0 Å². The van der Waals surface area contributed by atoms with Crippen LogP contribution in [-0.2, 0) is 9.53 Å². The van der Waals surface area contributed by atoms with Crippen molar-refractivity contribution in [3.63, 3.8) is 0 Å². The molecule has 1 aliphatic heterocycles. The molecule has 3 heterocycles. The number of anilines is 1. The first-order chi connectivity index (χ1) is 18.4. The van der Waals surface area contributed by atoms with E-state index in [-0.39, 0.29) is 29.9 Å². The third kappa shape index (κ3) is 5.08. The predicted molar refractivity (Wildman–Crippen MR) is 147 cm³/mol. The molecule has 1 amide bonds. The van der Waals surface area contributed by atoms with Crippen molar-refractivity contribution in [1.29, 1.82) is 0 Å². The van der Waals surface area contributed by atoms with Crippen LogP contribution in [0.25, 0.3) is 16.7 Å². The van der Waals surface area contributed by atoms with E-state index >= 15 is 0 Å². The maximum atomic E-state index is 13.4. The van der Waals surface area contributed by atoms with E-state index in [1.807, 2.05) is 39.0 Å². The van der Waals surface area contributed by atoms with Crippen LogP contribution < -0.4 is 10.9 Å². The second-order valence-electron chi connectivity index (χ2n) is 9.42. The van der Waals surface area contributed by atoms with Crippen LogP contribution in [0.2, 0.25) is 0 Å². The van der Waals surface area contributed by atoms with E-state index < -0.39 is 0 Å². The number of carbonyl (C=O) groups is 2. The summed E-state index contributed by atoms with van der Waals surface area (Å²) >= 11 is 1.46. The van der Waals surface area contributed by atoms with Gasteiger partial charge < -0.3 is 10.1 Å². The van der Waals surface area contributed by atoms with Crippen molar-refractivity contribution in [3.05, 3.63) is 75.7 Å². The topological polar surface area (TPSA) is 108 Å². The molecule has 0 bridgehead atoms. The first-order valence-electron chi connectivity index (χ1n) is 12.6. The number of carbonyl (C=O) groups excluding carboxylic acids is 2. The molecule has 4 aromatic rings. The van der Waals surface area contributed by atoms with Crippen LogP contribution in [0, 0.1) is 13.8 Å². The van der Waals surface area contributed by atoms with E-state index in [0.717, 1.165) is 24.1 Å². The minimum absolute atomic E-state index is 0.124. The lowest BCUT2D eigenvalue weighted by Gasteiger charge is -2.14. The molecular weight excluding hydrogens is 502 g/mol. The normalized spacial score (nSPS) is 14.4. The molecule has 1 N–H and O–H groups in total. The predicted octanol–water partition coefficient (Wildman–Crippen LogP) is 4.83. The zero-order valence-electron chi connectivity index (χ0n) is 21.6. The molecule has 0 fully saturated rings. The minimum atomic E-state index is -0.380. The zero-order valence-corrected chi connectivity index (χ0v) is 22.4. The van der Waals surface area contributed by atoms with Crippen LogP contribution in [0.4, 0.5) is 5.69 Å². The Hall–Kier alpha value is -3.92. The Morgan fingerprint density at radius 2 is 1.92 bits per heavy atom. The highest BCUT2D eigenvalue weighted by molar-refractivity contribution is 7.99. The summed E-state index contributed by atoms with van der Waals surface area (Å²) in [6, 6.07) is 12.3. The Morgan fingerprint density at radius 1 is 1.13 bits per heavy atom. The molecule has 0 spiro atoms. The first-order valence-corrected chi connectivity index (χ1v) is 13.6. The molecule has 196 valence electrons. The lowest BCUT2D eigenvalue weighted by Crippen LogP contribution is -2.27. The Bertz CT molecular complexity index is 1570. The summed E-state index contributed by atoms with van der Waals surface area (Å²) in [6.07, 6.45) is 3.44. The van der Waals surface area contributed by atoms with Crippen molar-refractivity contribution in [3.8, 4) is 5.69 Å². The Morgan fingerprint density at radius 3 is 2.66 bits per heavy atom. The van der Waals surface area contributed by atoms with Crippen molar-refractivity contribution >= 4 is 40.4 Å². The summed E-state index contributed by atoms with van der Waals surface area (Å²) < 4.78 is 8.51. The van der Waals surface area contributed by atoms with E-state index in [0.29, 0.717) is 39.8 Å². The molecule has 10 heteroatoms. The summed E-state index contributed by atoms with van der Waals surface area (Å²) in [5.41, 5.74) is 4.47. The third-order valence-electron chi connectivity index (χ3n) is 6.66. The van der Waals surface area contributed by atoms with E-state index in [4.69, 9.17) is 9.72 Å². The van der Waals surface area contributed by atoms with Crippen molar-refractivity contribution in [1.82, 2.24) is 19.3 Å². The summed E-state index contributed by atoms with van der Waals surface area (Å²) in [5, 5.41) is 8.29. The fraction of sp³-hybridized carbons (Fsp3) is 0.321. The van der Waals surface area contributed by atoms with Gasteiger partial charge in [0.25, 0.3) is 5.56 Å². The van der Waals surface area contributed by atoms with Crippen molar-refractivity contribution in [2.45, 2.75) is 51.2 Å². The van der Waals surface area contributed by atoms with E-state index in [9.17, 15) is 14.4 Å². The molecule has 0 aliphatic carbocycles. The molecular formula is C28H29N5O4S. The highest BCUT2D eigenvalue weighted by Gasteiger charge is 2.29. The first kappa shape index (κ1) is 25.7. The summed E-state index contributed by atoms with van der Waals surface area (Å²) in [6.45, 7) is 6.50. The van der Waals surface area contributed by atoms with Gasteiger partial charge in [0, 0.05) is 17.9 Å².